The van der Waals surface area contributed by atoms with Crippen LogP contribution in [-0.4, -0.2) is 24.8 Å². The molecule has 0 aliphatic carbocycles. The van der Waals surface area contributed by atoms with E-state index in [1.165, 1.54) is 6.92 Å². The molecule has 0 bridgehead atoms. The highest BCUT2D eigenvalue weighted by Crippen LogP contribution is 2.10. The first kappa shape index (κ1) is 13.0. The number of hydrogen-bond acceptors (Lipinski definition) is 5. The van der Waals surface area contributed by atoms with Crippen molar-refractivity contribution in [1.82, 2.24) is 0 Å². The highest BCUT2D eigenvalue weighted by Gasteiger charge is 2.20. The summed E-state index contributed by atoms with van der Waals surface area (Å²) < 4.78 is 14.2. The van der Waals surface area contributed by atoms with Gasteiger partial charge in [0.05, 0.1) is 6.61 Å². The summed E-state index contributed by atoms with van der Waals surface area (Å²) >= 11 is 0. The lowest BCUT2D eigenvalue weighted by atomic mass is 10.3. The van der Waals surface area contributed by atoms with Crippen LogP contribution in [0.2, 0.25) is 0 Å². The van der Waals surface area contributed by atoms with Crippen LogP contribution in [0.3, 0.4) is 0 Å². The van der Waals surface area contributed by atoms with Gasteiger partial charge in [-0.15, -0.1) is 0 Å². The summed E-state index contributed by atoms with van der Waals surface area (Å²) in [5.74, 6) is -0.249. The SMILES string of the molecule is CCOC(=O)O[C@H](C)C(=O)Oc1ccccc1. The first-order valence-electron chi connectivity index (χ1n) is 5.23. The number of esters is 1. The summed E-state index contributed by atoms with van der Waals surface area (Å²) in [5, 5.41) is 0. The van der Waals surface area contributed by atoms with Crippen molar-refractivity contribution in [1.29, 1.82) is 0 Å². The summed E-state index contributed by atoms with van der Waals surface area (Å²) in [6.07, 6.45) is -1.89. The first-order chi connectivity index (χ1) is 8.13. The zero-order valence-electron chi connectivity index (χ0n) is 9.71. The number of hydrogen-bond donors (Lipinski definition) is 0. The van der Waals surface area contributed by atoms with Gasteiger partial charge < -0.3 is 14.2 Å². The lowest BCUT2D eigenvalue weighted by molar-refractivity contribution is -0.144. The number of carbonyl (C=O) groups is 2. The van der Waals surface area contributed by atoms with E-state index < -0.39 is 18.2 Å². The molecule has 0 saturated carbocycles. The highest BCUT2D eigenvalue weighted by molar-refractivity contribution is 5.79. The molecule has 0 heterocycles. The molecule has 1 aromatic rings. The van der Waals surface area contributed by atoms with Gasteiger partial charge in [-0.1, -0.05) is 18.2 Å². The van der Waals surface area contributed by atoms with Gasteiger partial charge in [0.15, 0.2) is 6.10 Å². The zero-order valence-corrected chi connectivity index (χ0v) is 9.71. The number of rotatable bonds is 4. The van der Waals surface area contributed by atoms with Gasteiger partial charge in [0.25, 0.3) is 0 Å². The Labute approximate surface area is 99.3 Å². The normalized spacial score (nSPS) is 11.4. The van der Waals surface area contributed by atoms with Crippen LogP contribution in [-0.2, 0) is 14.3 Å². The van der Waals surface area contributed by atoms with E-state index in [1.807, 2.05) is 0 Å². The lowest BCUT2D eigenvalue weighted by Gasteiger charge is -2.11. The van der Waals surface area contributed by atoms with Gasteiger partial charge in [-0.25, -0.2) is 9.59 Å². The van der Waals surface area contributed by atoms with E-state index in [-0.39, 0.29) is 6.61 Å². The minimum absolute atomic E-state index is 0.194. The Morgan fingerprint density at radius 3 is 2.47 bits per heavy atom. The Bertz CT molecular complexity index is 374. The van der Waals surface area contributed by atoms with Gasteiger partial charge in [0, 0.05) is 0 Å². The number of benzene rings is 1. The molecule has 0 aliphatic rings. The molecular weight excluding hydrogens is 224 g/mol. The molecule has 17 heavy (non-hydrogen) atoms. The van der Waals surface area contributed by atoms with Crippen LogP contribution in [0.15, 0.2) is 30.3 Å². The van der Waals surface area contributed by atoms with Gasteiger partial charge in [-0.3, -0.25) is 0 Å². The predicted octanol–water partition coefficient (Wildman–Crippen LogP) is 2.15. The quantitative estimate of drug-likeness (QED) is 0.594. The molecule has 1 rings (SSSR count). The van der Waals surface area contributed by atoms with Gasteiger partial charge in [0.2, 0.25) is 0 Å². The van der Waals surface area contributed by atoms with E-state index in [2.05, 4.69) is 9.47 Å². The topological polar surface area (TPSA) is 61.8 Å². The van der Waals surface area contributed by atoms with Crippen LogP contribution in [0.4, 0.5) is 4.79 Å². The third-order valence-electron chi connectivity index (χ3n) is 1.83. The Hall–Kier alpha value is -2.04. The van der Waals surface area contributed by atoms with E-state index in [0.29, 0.717) is 5.75 Å². The average molecular weight is 238 g/mol. The fourth-order valence-corrected chi connectivity index (χ4v) is 1.03. The Kier molecular flexibility index (Phi) is 5.00. The number of ether oxygens (including phenoxy) is 3. The van der Waals surface area contributed by atoms with E-state index in [9.17, 15) is 9.59 Å². The minimum atomic E-state index is -1.01. The van der Waals surface area contributed by atoms with Crippen molar-refractivity contribution in [3.63, 3.8) is 0 Å². The Balaban J connectivity index is 2.45. The molecule has 0 unspecified atom stereocenters. The molecule has 0 saturated heterocycles. The van der Waals surface area contributed by atoms with Gasteiger partial charge in [0.1, 0.15) is 5.75 Å². The van der Waals surface area contributed by atoms with E-state index in [4.69, 9.17) is 4.74 Å². The second-order valence-electron chi connectivity index (χ2n) is 3.18. The summed E-state index contributed by atoms with van der Waals surface area (Å²) in [5.41, 5.74) is 0. The van der Waals surface area contributed by atoms with Crippen molar-refractivity contribution in [2.45, 2.75) is 20.0 Å². The van der Waals surface area contributed by atoms with Crippen molar-refractivity contribution < 1.29 is 23.8 Å². The van der Waals surface area contributed by atoms with Gasteiger partial charge in [-0.05, 0) is 26.0 Å². The summed E-state index contributed by atoms with van der Waals surface area (Å²) in [4.78, 5) is 22.5. The second-order valence-corrected chi connectivity index (χ2v) is 3.18. The molecule has 1 atom stereocenters. The highest BCUT2D eigenvalue weighted by atomic mass is 16.7. The van der Waals surface area contributed by atoms with Crippen LogP contribution >= 0.6 is 0 Å². The van der Waals surface area contributed by atoms with Crippen molar-refractivity contribution in [2.24, 2.45) is 0 Å². The largest absolute Gasteiger partial charge is 0.509 e. The van der Waals surface area contributed by atoms with Gasteiger partial charge in [-0.2, -0.15) is 0 Å². The second kappa shape index (κ2) is 6.52. The maximum Gasteiger partial charge on any atom is 0.509 e. The molecule has 5 heteroatoms. The standard InChI is InChI=1S/C12H14O5/c1-3-15-12(14)16-9(2)11(13)17-10-7-5-4-6-8-10/h4-9H,3H2,1-2H3/t9-/m1/s1. The van der Waals surface area contributed by atoms with E-state index in [1.54, 1.807) is 37.3 Å². The molecule has 0 aromatic heterocycles. The molecule has 0 aliphatic heterocycles. The van der Waals surface area contributed by atoms with Crippen LogP contribution in [0.25, 0.3) is 0 Å². The first-order valence-corrected chi connectivity index (χ1v) is 5.23. The predicted molar refractivity (Wildman–Crippen MR) is 59.6 cm³/mol. The Morgan fingerprint density at radius 1 is 1.24 bits per heavy atom. The molecule has 0 N–H and O–H groups in total. The monoisotopic (exact) mass is 238 g/mol. The summed E-state index contributed by atoms with van der Waals surface area (Å²) in [6.45, 7) is 3.26. The smallest absolute Gasteiger partial charge is 0.435 e. The Morgan fingerprint density at radius 2 is 1.88 bits per heavy atom. The lowest BCUT2D eigenvalue weighted by Crippen LogP contribution is -2.28. The van der Waals surface area contributed by atoms with Crippen molar-refractivity contribution in [3.8, 4) is 5.75 Å². The fraction of sp³-hybridized carbons (Fsp3) is 0.333. The third-order valence-corrected chi connectivity index (χ3v) is 1.83. The minimum Gasteiger partial charge on any atom is -0.435 e. The zero-order chi connectivity index (χ0) is 12.7. The molecule has 92 valence electrons. The van der Waals surface area contributed by atoms with Crippen LogP contribution in [0.1, 0.15) is 13.8 Å². The fourth-order valence-electron chi connectivity index (χ4n) is 1.03. The molecule has 0 spiro atoms. The molecule has 1 aromatic carbocycles. The summed E-state index contributed by atoms with van der Waals surface area (Å²) in [7, 11) is 0. The maximum atomic E-state index is 11.5. The molecule has 5 nitrogen and oxygen atoms in total. The number of carbonyl (C=O) groups excluding carboxylic acids is 2. The molecule has 0 amide bonds. The van der Waals surface area contributed by atoms with Crippen LogP contribution < -0.4 is 4.74 Å². The molecule has 0 radical (unpaired) electrons. The van der Waals surface area contributed by atoms with Gasteiger partial charge >= 0.3 is 12.1 Å². The van der Waals surface area contributed by atoms with E-state index >= 15 is 0 Å². The van der Waals surface area contributed by atoms with Crippen LogP contribution in [0, 0.1) is 0 Å². The van der Waals surface area contributed by atoms with E-state index in [0.717, 1.165) is 0 Å². The molecular formula is C12H14O5. The average Bonchev–Trinajstić information content (AvgIpc) is 2.30. The number of para-hydroxylation sites is 1. The van der Waals surface area contributed by atoms with Crippen molar-refractivity contribution >= 4 is 12.1 Å². The third kappa shape index (κ3) is 4.55. The van der Waals surface area contributed by atoms with Crippen molar-refractivity contribution in [3.05, 3.63) is 30.3 Å². The molecule has 0 fully saturated rings. The van der Waals surface area contributed by atoms with Crippen molar-refractivity contribution in [2.75, 3.05) is 6.61 Å². The summed E-state index contributed by atoms with van der Waals surface area (Å²) in [6, 6.07) is 8.54. The van der Waals surface area contributed by atoms with Crippen LogP contribution in [0.5, 0.6) is 5.75 Å². The maximum absolute atomic E-state index is 11.5.